The standard InChI is InChI=1S/C12H14N4O2/c13-12(9-7-14-16-15-9)8-2-3-10-11(6-8)18-5-1-4-17-10/h2-3,6-7,12H,1,4-5,13H2,(H,14,15,16). The van der Waals surface area contributed by atoms with Crippen LogP contribution in [0.15, 0.2) is 24.4 Å². The molecule has 0 saturated carbocycles. The van der Waals surface area contributed by atoms with E-state index in [1.54, 1.807) is 6.20 Å². The molecule has 1 aliphatic rings. The topological polar surface area (TPSA) is 86.0 Å². The number of aromatic amines is 1. The molecule has 2 aromatic rings. The zero-order valence-electron chi connectivity index (χ0n) is 9.80. The number of ether oxygens (including phenoxy) is 2. The third kappa shape index (κ3) is 2.02. The first-order valence-electron chi connectivity index (χ1n) is 5.85. The number of H-pyrrole nitrogens is 1. The molecule has 1 aromatic heterocycles. The van der Waals surface area contributed by atoms with Crippen LogP contribution in [0.25, 0.3) is 0 Å². The maximum absolute atomic E-state index is 6.11. The van der Waals surface area contributed by atoms with Crippen molar-refractivity contribution in [3.63, 3.8) is 0 Å². The molecule has 0 spiro atoms. The lowest BCUT2D eigenvalue weighted by molar-refractivity contribution is 0.297. The molecule has 94 valence electrons. The fraction of sp³-hybridized carbons (Fsp3) is 0.333. The number of nitrogens with zero attached hydrogens (tertiary/aromatic N) is 2. The molecule has 3 N–H and O–H groups in total. The summed E-state index contributed by atoms with van der Waals surface area (Å²) in [6, 6.07) is 5.39. The lowest BCUT2D eigenvalue weighted by atomic mass is 10.0. The number of hydrogen-bond acceptors (Lipinski definition) is 5. The van der Waals surface area contributed by atoms with E-state index in [4.69, 9.17) is 15.2 Å². The van der Waals surface area contributed by atoms with Crippen molar-refractivity contribution in [3.8, 4) is 11.5 Å². The van der Waals surface area contributed by atoms with Gasteiger partial charge in [-0.05, 0) is 17.7 Å². The Labute approximate surface area is 104 Å². The van der Waals surface area contributed by atoms with Crippen molar-refractivity contribution in [1.82, 2.24) is 15.4 Å². The molecule has 2 heterocycles. The zero-order chi connectivity index (χ0) is 12.4. The molecular formula is C12H14N4O2. The van der Waals surface area contributed by atoms with Crippen molar-refractivity contribution in [1.29, 1.82) is 0 Å². The summed E-state index contributed by atoms with van der Waals surface area (Å²) >= 11 is 0. The van der Waals surface area contributed by atoms with Crippen LogP contribution in [0.2, 0.25) is 0 Å². The second-order valence-electron chi connectivity index (χ2n) is 4.13. The number of fused-ring (bicyclic) bond motifs is 1. The van der Waals surface area contributed by atoms with Crippen LogP contribution < -0.4 is 15.2 Å². The van der Waals surface area contributed by atoms with Gasteiger partial charge in [-0.2, -0.15) is 15.4 Å². The summed E-state index contributed by atoms with van der Waals surface area (Å²) in [4.78, 5) is 0. The molecule has 18 heavy (non-hydrogen) atoms. The van der Waals surface area contributed by atoms with Gasteiger partial charge in [-0.3, -0.25) is 0 Å². The van der Waals surface area contributed by atoms with E-state index in [0.717, 1.165) is 23.5 Å². The summed E-state index contributed by atoms with van der Waals surface area (Å²) in [5.74, 6) is 1.51. The van der Waals surface area contributed by atoms with Gasteiger partial charge in [0.1, 0.15) is 5.69 Å². The Morgan fingerprint density at radius 1 is 1.22 bits per heavy atom. The van der Waals surface area contributed by atoms with Gasteiger partial charge in [0.15, 0.2) is 11.5 Å². The third-order valence-electron chi connectivity index (χ3n) is 2.88. The van der Waals surface area contributed by atoms with E-state index < -0.39 is 0 Å². The Morgan fingerprint density at radius 2 is 2.06 bits per heavy atom. The van der Waals surface area contributed by atoms with Crippen molar-refractivity contribution >= 4 is 0 Å². The van der Waals surface area contributed by atoms with Crippen molar-refractivity contribution in [2.75, 3.05) is 13.2 Å². The number of nitrogens with two attached hydrogens (primary N) is 1. The van der Waals surface area contributed by atoms with Crippen molar-refractivity contribution in [2.24, 2.45) is 5.73 Å². The summed E-state index contributed by atoms with van der Waals surface area (Å²) < 4.78 is 11.2. The van der Waals surface area contributed by atoms with Gasteiger partial charge in [-0.25, -0.2) is 0 Å². The molecule has 0 bridgehead atoms. The minimum Gasteiger partial charge on any atom is -0.490 e. The molecule has 0 radical (unpaired) electrons. The first kappa shape index (κ1) is 11.0. The highest BCUT2D eigenvalue weighted by molar-refractivity contribution is 5.45. The molecule has 3 rings (SSSR count). The van der Waals surface area contributed by atoms with Crippen molar-refractivity contribution < 1.29 is 9.47 Å². The van der Waals surface area contributed by atoms with E-state index in [-0.39, 0.29) is 6.04 Å². The molecule has 1 aromatic carbocycles. The average Bonchev–Trinajstić information content (AvgIpc) is 2.83. The van der Waals surface area contributed by atoms with Crippen LogP contribution in [0.4, 0.5) is 0 Å². The van der Waals surface area contributed by atoms with Gasteiger partial charge in [0, 0.05) is 6.42 Å². The maximum atomic E-state index is 6.11. The van der Waals surface area contributed by atoms with Crippen LogP contribution >= 0.6 is 0 Å². The van der Waals surface area contributed by atoms with E-state index in [1.165, 1.54) is 0 Å². The number of rotatable bonds is 2. The van der Waals surface area contributed by atoms with E-state index in [0.29, 0.717) is 18.9 Å². The van der Waals surface area contributed by atoms with Crippen molar-refractivity contribution in [3.05, 3.63) is 35.7 Å². The highest BCUT2D eigenvalue weighted by Gasteiger charge is 2.16. The van der Waals surface area contributed by atoms with Gasteiger partial charge in [0.25, 0.3) is 0 Å². The third-order valence-corrected chi connectivity index (χ3v) is 2.88. The van der Waals surface area contributed by atoms with E-state index in [2.05, 4.69) is 15.4 Å². The smallest absolute Gasteiger partial charge is 0.161 e. The quantitative estimate of drug-likeness (QED) is 0.826. The van der Waals surface area contributed by atoms with Crippen LogP contribution in [-0.2, 0) is 0 Å². The molecule has 1 aliphatic heterocycles. The summed E-state index contributed by atoms with van der Waals surface area (Å²) in [6.45, 7) is 1.34. The van der Waals surface area contributed by atoms with Crippen LogP contribution in [0.3, 0.4) is 0 Å². The Bertz CT molecular complexity index is 527. The van der Waals surface area contributed by atoms with E-state index >= 15 is 0 Å². The number of nitrogens with one attached hydrogen (secondary N) is 1. The molecular weight excluding hydrogens is 232 g/mol. The highest BCUT2D eigenvalue weighted by Crippen LogP contribution is 2.32. The Morgan fingerprint density at radius 3 is 2.83 bits per heavy atom. The Hall–Kier alpha value is -2.08. The predicted octanol–water partition coefficient (Wildman–Crippen LogP) is 1.01. The van der Waals surface area contributed by atoms with Crippen LogP contribution in [0, 0.1) is 0 Å². The zero-order valence-corrected chi connectivity index (χ0v) is 9.80. The van der Waals surface area contributed by atoms with Crippen LogP contribution in [0.5, 0.6) is 11.5 Å². The first-order valence-corrected chi connectivity index (χ1v) is 5.85. The normalized spacial score (nSPS) is 16.1. The number of aromatic nitrogens is 3. The molecule has 1 unspecified atom stereocenters. The van der Waals surface area contributed by atoms with Gasteiger partial charge in [-0.1, -0.05) is 6.07 Å². The van der Waals surface area contributed by atoms with Gasteiger partial charge in [0.2, 0.25) is 0 Å². The van der Waals surface area contributed by atoms with Gasteiger partial charge in [0.05, 0.1) is 25.5 Å². The second-order valence-corrected chi connectivity index (χ2v) is 4.13. The minimum absolute atomic E-state index is 0.319. The largest absolute Gasteiger partial charge is 0.490 e. The van der Waals surface area contributed by atoms with Crippen LogP contribution in [0.1, 0.15) is 23.7 Å². The summed E-state index contributed by atoms with van der Waals surface area (Å²) in [5.41, 5.74) is 7.74. The fourth-order valence-corrected chi connectivity index (χ4v) is 1.90. The maximum Gasteiger partial charge on any atom is 0.161 e. The summed E-state index contributed by atoms with van der Waals surface area (Å²) in [5, 5.41) is 10.3. The van der Waals surface area contributed by atoms with Gasteiger partial charge in [-0.15, -0.1) is 0 Å². The first-order chi connectivity index (χ1) is 8.84. The lowest BCUT2D eigenvalue weighted by Gasteiger charge is -2.12. The van der Waals surface area contributed by atoms with Gasteiger partial charge < -0.3 is 15.2 Å². The molecule has 1 atom stereocenters. The molecule has 6 heteroatoms. The van der Waals surface area contributed by atoms with E-state index in [9.17, 15) is 0 Å². The van der Waals surface area contributed by atoms with Crippen molar-refractivity contribution in [2.45, 2.75) is 12.5 Å². The average molecular weight is 246 g/mol. The Balaban J connectivity index is 1.92. The Kier molecular flexibility index (Phi) is 2.85. The number of benzene rings is 1. The summed E-state index contributed by atoms with van der Waals surface area (Å²) in [6.07, 6.45) is 2.51. The molecule has 0 fully saturated rings. The van der Waals surface area contributed by atoms with Gasteiger partial charge >= 0.3 is 0 Å². The predicted molar refractivity (Wildman–Crippen MR) is 64.5 cm³/mol. The summed E-state index contributed by atoms with van der Waals surface area (Å²) in [7, 11) is 0. The molecule has 0 aliphatic carbocycles. The second kappa shape index (κ2) is 4.66. The molecule has 0 amide bonds. The SMILES string of the molecule is NC(c1ccc2c(c1)OCCCO2)c1cn[nH]n1. The minimum atomic E-state index is -0.319. The fourth-order valence-electron chi connectivity index (χ4n) is 1.90. The molecule has 6 nitrogen and oxygen atoms in total. The molecule has 0 saturated heterocycles. The van der Waals surface area contributed by atoms with Crippen LogP contribution in [-0.4, -0.2) is 28.6 Å². The highest BCUT2D eigenvalue weighted by atomic mass is 16.5. The van der Waals surface area contributed by atoms with E-state index in [1.807, 2.05) is 18.2 Å². The lowest BCUT2D eigenvalue weighted by Crippen LogP contribution is -2.12. The number of hydrogen-bond donors (Lipinski definition) is 2. The monoisotopic (exact) mass is 246 g/mol.